The van der Waals surface area contributed by atoms with Crippen LogP contribution in [0.25, 0.3) is 12.2 Å². The first kappa shape index (κ1) is 26.8. The van der Waals surface area contributed by atoms with Crippen molar-refractivity contribution in [1.29, 1.82) is 0 Å². The average Bonchev–Trinajstić information content (AvgIpc) is 2.90. The molecule has 3 rings (SSSR count). The third-order valence-electron chi connectivity index (χ3n) is 5.82. The molecule has 0 bridgehead atoms. The smallest absolute Gasteiger partial charge is 0.161 e. The number of allylic oxidation sites excluding steroid dienone is 2. The molecule has 0 aromatic heterocycles. The number of likely N-dealkylation sites (tertiary alicyclic amines) is 1. The van der Waals surface area contributed by atoms with E-state index in [-0.39, 0.29) is 23.7 Å². The maximum atomic E-state index is 12.7. The zero-order valence-corrected chi connectivity index (χ0v) is 20.9. The van der Waals surface area contributed by atoms with Gasteiger partial charge in [0.05, 0.1) is 26.4 Å². The molecule has 0 aliphatic carbocycles. The van der Waals surface area contributed by atoms with Crippen LogP contribution < -0.4 is 9.47 Å². The summed E-state index contributed by atoms with van der Waals surface area (Å²) in [7, 11) is 2.96. The summed E-state index contributed by atoms with van der Waals surface area (Å²) in [4.78, 5) is 20.6. The molecule has 0 amide bonds. The Kier molecular flexibility index (Phi) is 10.4. The Morgan fingerprint density at radius 1 is 0.917 bits per heavy atom. The Morgan fingerprint density at radius 2 is 1.50 bits per heavy atom. The van der Waals surface area contributed by atoms with E-state index in [1.807, 2.05) is 0 Å². The summed E-state index contributed by atoms with van der Waals surface area (Å²) in [6.45, 7) is 3.40. The van der Waals surface area contributed by atoms with Crippen LogP contribution in [0.3, 0.4) is 0 Å². The van der Waals surface area contributed by atoms with Gasteiger partial charge in [-0.15, -0.1) is 0 Å². The molecule has 1 fully saturated rings. The molecule has 0 atom stereocenters. The van der Waals surface area contributed by atoms with Gasteiger partial charge in [-0.2, -0.15) is 0 Å². The van der Waals surface area contributed by atoms with Crippen LogP contribution in [-0.4, -0.2) is 67.1 Å². The van der Waals surface area contributed by atoms with Crippen LogP contribution in [-0.2, 0) is 9.63 Å². The molecule has 36 heavy (non-hydrogen) atoms. The Labute approximate surface area is 212 Å². The van der Waals surface area contributed by atoms with Gasteiger partial charge in [-0.25, -0.2) is 0 Å². The normalized spacial score (nSPS) is 14.9. The number of ketones is 1. The molecule has 192 valence electrons. The number of phenols is 2. The van der Waals surface area contributed by atoms with E-state index in [2.05, 4.69) is 10.1 Å². The molecule has 0 spiro atoms. The summed E-state index contributed by atoms with van der Waals surface area (Å²) in [6.07, 6.45) is 10.4. The van der Waals surface area contributed by atoms with E-state index in [1.165, 1.54) is 45.6 Å². The highest BCUT2D eigenvalue weighted by Gasteiger charge is 2.10. The van der Waals surface area contributed by atoms with Crippen molar-refractivity contribution >= 4 is 23.6 Å². The number of nitrogens with zero attached hydrogens (tertiary/aromatic N) is 2. The third-order valence-corrected chi connectivity index (χ3v) is 5.82. The van der Waals surface area contributed by atoms with Gasteiger partial charge in [0.15, 0.2) is 28.8 Å². The molecule has 8 nitrogen and oxygen atoms in total. The molecule has 1 heterocycles. The minimum absolute atomic E-state index is 0.0353. The molecule has 0 saturated carbocycles. The van der Waals surface area contributed by atoms with Crippen LogP contribution in [0.2, 0.25) is 0 Å². The van der Waals surface area contributed by atoms with Gasteiger partial charge >= 0.3 is 0 Å². The Balaban J connectivity index is 1.68. The number of hydrogen-bond acceptors (Lipinski definition) is 8. The van der Waals surface area contributed by atoms with Crippen molar-refractivity contribution in [2.75, 3.05) is 40.5 Å². The number of benzene rings is 2. The monoisotopic (exact) mass is 494 g/mol. The summed E-state index contributed by atoms with van der Waals surface area (Å²) in [5, 5.41) is 23.8. The van der Waals surface area contributed by atoms with Crippen LogP contribution in [0.4, 0.5) is 0 Å². The second-order valence-corrected chi connectivity index (χ2v) is 8.49. The second kappa shape index (κ2) is 13.9. The summed E-state index contributed by atoms with van der Waals surface area (Å²) >= 11 is 0. The predicted octanol–water partition coefficient (Wildman–Crippen LogP) is 4.66. The van der Waals surface area contributed by atoms with Crippen molar-refractivity contribution < 1.29 is 29.3 Å². The SMILES string of the molecule is COc1cc(C=CC(=O)CC(C=Cc2ccc(O)c(OC)c2)=NOCCN2CCCCC2)ccc1O. The molecule has 2 aromatic carbocycles. The van der Waals surface area contributed by atoms with E-state index in [1.54, 1.807) is 48.6 Å². The van der Waals surface area contributed by atoms with Gasteiger partial charge in [0.1, 0.15) is 6.61 Å². The van der Waals surface area contributed by atoms with E-state index in [0.29, 0.717) is 23.8 Å². The minimum atomic E-state index is -0.159. The molecule has 0 radical (unpaired) electrons. The van der Waals surface area contributed by atoms with Gasteiger partial charge in [0.2, 0.25) is 0 Å². The first-order chi connectivity index (χ1) is 17.5. The third kappa shape index (κ3) is 8.46. The van der Waals surface area contributed by atoms with E-state index in [9.17, 15) is 15.0 Å². The van der Waals surface area contributed by atoms with Crippen molar-refractivity contribution in [3.63, 3.8) is 0 Å². The molecular formula is C28H34N2O6. The molecule has 0 unspecified atom stereocenters. The van der Waals surface area contributed by atoms with Crippen molar-refractivity contribution in [3.05, 3.63) is 59.7 Å². The first-order valence-electron chi connectivity index (χ1n) is 12.0. The van der Waals surface area contributed by atoms with Crippen LogP contribution in [0.15, 0.2) is 53.7 Å². The lowest BCUT2D eigenvalue weighted by molar-refractivity contribution is -0.113. The molecular weight excluding hydrogens is 460 g/mol. The summed E-state index contributed by atoms with van der Waals surface area (Å²) in [6, 6.07) is 9.84. The number of rotatable bonds is 12. The maximum absolute atomic E-state index is 12.7. The van der Waals surface area contributed by atoms with Gasteiger partial charge in [0.25, 0.3) is 0 Å². The lowest BCUT2D eigenvalue weighted by Gasteiger charge is -2.25. The molecule has 8 heteroatoms. The molecule has 1 aliphatic heterocycles. The molecule has 2 aromatic rings. The highest BCUT2D eigenvalue weighted by atomic mass is 16.6. The quantitative estimate of drug-likeness (QED) is 0.192. The Bertz CT molecular complexity index is 1100. The fourth-order valence-electron chi connectivity index (χ4n) is 3.82. The van der Waals surface area contributed by atoms with Gasteiger partial charge in [-0.3, -0.25) is 9.69 Å². The highest BCUT2D eigenvalue weighted by molar-refractivity contribution is 6.13. The van der Waals surface area contributed by atoms with Crippen molar-refractivity contribution in [2.24, 2.45) is 5.16 Å². The molecule has 2 N–H and O–H groups in total. The lowest BCUT2D eigenvalue weighted by atomic mass is 10.1. The van der Waals surface area contributed by atoms with Gasteiger partial charge in [-0.05, 0) is 73.5 Å². The number of carbonyl (C=O) groups is 1. The topological polar surface area (TPSA) is 101 Å². The molecule has 1 saturated heterocycles. The standard InChI is InChI=1S/C28H34N2O6/c1-34-27-18-21(8-12-25(27)32)6-10-23(29-36-17-16-30-14-4-3-5-15-30)20-24(31)11-7-22-9-13-26(33)28(19-22)35-2/h6-13,18-19,32-33H,3-5,14-17,20H2,1-2H3. The fourth-order valence-corrected chi connectivity index (χ4v) is 3.82. The number of phenolic OH excluding ortho intramolecular Hbond substituents is 2. The maximum Gasteiger partial charge on any atom is 0.161 e. The lowest BCUT2D eigenvalue weighted by Crippen LogP contribution is -2.32. The highest BCUT2D eigenvalue weighted by Crippen LogP contribution is 2.27. The van der Waals surface area contributed by atoms with E-state index < -0.39 is 0 Å². The second-order valence-electron chi connectivity index (χ2n) is 8.49. The van der Waals surface area contributed by atoms with Crippen molar-refractivity contribution in [3.8, 4) is 23.0 Å². The Hall–Kier alpha value is -3.78. The Morgan fingerprint density at radius 3 is 2.08 bits per heavy atom. The predicted molar refractivity (Wildman–Crippen MR) is 141 cm³/mol. The summed E-state index contributed by atoms with van der Waals surface area (Å²) in [5.41, 5.74) is 1.98. The number of carbonyl (C=O) groups excluding carboxylic acids is 1. The van der Waals surface area contributed by atoms with Crippen molar-refractivity contribution in [1.82, 2.24) is 4.90 Å². The number of methoxy groups -OCH3 is 2. The van der Waals surface area contributed by atoms with Crippen LogP contribution in [0.5, 0.6) is 23.0 Å². The summed E-state index contributed by atoms with van der Waals surface area (Å²) < 4.78 is 10.3. The van der Waals surface area contributed by atoms with E-state index >= 15 is 0 Å². The van der Waals surface area contributed by atoms with E-state index in [4.69, 9.17) is 14.3 Å². The van der Waals surface area contributed by atoms with Gasteiger partial charge in [-0.1, -0.05) is 35.9 Å². The zero-order chi connectivity index (χ0) is 25.8. The van der Waals surface area contributed by atoms with Crippen LogP contribution in [0, 0.1) is 0 Å². The molecule has 1 aliphatic rings. The number of aromatic hydroxyl groups is 2. The number of ether oxygens (including phenoxy) is 2. The van der Waals surface area contributed by atoms with Crippen LogP contribution in [0.1, 0.15) is 36.8 Å². The average molecular weight is 495 g/mol. The number of hydrogen-bond donors (Lipinski definition) is 2. The largest absolute Gasteiger partial charge is 0.504 e. The van der Waals surface area contributed by atoms with Gasteiger partial charge < -0.3 is 24.5 Å². The van der Waals surface area contributed by atoms with Crippen LogP contribution >= 0.6 is 0 Å². The van der Waals surface area contributed by atoms with Gasteiger partial charge in [0, 0.05) is 6.54 Å². The van der Waals surface area contributed by atoms with E-state index in [0.717, 1.165) is 30.8 Å². The first-order valence-corrected chi connectivity index (χ1v) is 12.0. The minimum Gasteiger partial charge on any atom is -0.504 e. The van der Waals surface area contributed by atoms with Crippen molar-refractivity contribution in [2.45, 2.75) is 25.7 Å². The zero-order valence-electron chi connectivity index (χ0n) is 20.9. The number of piperidine rings is 1. The fraction of sp³-hybridized carbons (Fsp3) is 0.357. The summed E-state index contributed by atoms with van der Waals surface area (Å²) in [5.74, 6) is 0.621. The number of oxime groups is 1.